The van der Waals surface area contributed by atoms with E-state index in [0.29, 0.717) is 5.57 Å². The first-order valence-electron chi connectivity index (χ1n) is 14.2. The topological polar surface area (TPSA) is 155 Å². The summed E-state index contributed by atoms with van der Waals surface area (Å²) in [7, 11) is 0. The van der Waals surface area contributed by atoms with Crippen molar-refractivity contribution in [3.8, 4) is 0 Å². The molecule has 11 heteroatoms. The Kier molecular flexibility index (Phi) is 6.09. The maximum atomic E-state index is 14.1. The van der Waals surface area contributed by atoms with E-state index in [2.05, 4.69) is 0 Å². The maximum Gasteiger partial charge on any atom is 0.343 e. The number of esters is 4. The Morgan fingerprint density at radius 1 is 1.02 bits per heavy atom. The number of ether oxygens (including phenoxy) is 5. The van der Waals surface area contributed by atoms with E-state index in [-0.39, 0.29) is 30.6 Å². The van der Waals surface area contributed by atoms with E-state index >= 15 is 0 Å². The van der Waals surface area contributed by atoms with Crippen molar-refractivity contribution in [3.05, 3.63) is 47.0 Å². The van der Waals surface area contributed by atoms with Crippen LogP contribution in [0.3, 0.4) is 0 Å². The minimum Gasteiger partial charge on any atom is -0.458 e. The molecule has 2 heterocycles. The van der Waals surface area contributed by atoms with Crippen LogP contribution in [0, 0.1) is 16.7 Å². The van der Waals surface area contributed by atoms with Crippen LogP contribution in [0.2, 0.25) is 0 Å². The minimum atomic E-state index is -2.45. The fourth-order valence-electron chi connectivity index (χ4n) is 8.89. The van der Waals surface area contributed by atoms with Crippen molar-refractivity contribution < 1.29 is 53.1 Å². The molecule has 9 atom stereocenters. The Balaban J connectivity index is 1.68. The highest BCUT2D eigenvalue weighted by atomic mass is 16.6. The molecule has 6 rings (SSSR count). The van der Waals surface area contributed by atoms with Gasteiger partial charge in [0.05, 0.1) is 29.6 Å². The number of cyclic esters (lactones) is 1. The van der Waals surface area contributed by atoms with Gasteiger partial charge in [0, 0.05) is 32.1 Å². The van der Waals surface area contributed by atoms with Crippen LogP contribution in [-0.4, -0.2) is 81.9 Å². The van der Waals surface area contributed by atoms with E-state index in [9.17, 15) is 29.4 Å². The lowest BCUT2D eigenvalue weighted by Crippen LogP contribution is -2.87. The molecular weight excluding hydrogens is 548 g/mol. The average Bonchev–Trinajstić information content (AvgIpc) is 3.20. The molecule has 1 aromatic carbocycles. The number of carbonyl (C=O) groups is 4. The zero-order chi connectivity index (χ0) is 30.6. The summed E-state index contributed by atoms with van der Waals surface area (Å²) in [5.41, 5.74) is -7.68. The van der Waals surface area contributed by atoms with Crippen LogP contribution in [0.25, 0.3) is 0 Å². The van der Waals surface area contributed by atoms with Gasteiger partial charge >= 0.3 is 23.9 Å². The van der Waals surface area contributed by atoms with Gasteiger partial charge in [-0.3, -0.25) is 9.59 Å². The number of hydrogen-bond donors (Lipinski definition) is 2. The third kappa shape index (κ3) is 3.27. The second kappa shape index (κ2) is 8.87. The second-order valence-corrected chi connectivity index (χ2v) is 13.0. The van der Waals surface area contributed by atoms with E-state index in [0.717, 1.165) is 0 Å². The van der Waals surface area contributed by atoms with Crippen molar-refractivity contribution >= 4 is 23.9 Å². The molecule has 0 spiro atoms. The summed E-state index contributed by atoms with van der Waals surface area (Å²) >= 11 is 0. The Labute approximate surface area is 243 Å². The number of hydrogen-bond acceptors (Lipinski definition) is 11. The van der Waals surface area contributed by atoms with E-state index in [1.54, 1.807) is 51.1 Å². The fourth-order valence-corrected chi connectivity index (χ4v) is 8.89. The Morgan fingerprint density at radius 3 is 2.26 bits per heavy atom. The van der Waals surface area contributed by atoms with Gasteiger partial charge in [-0.15, -0.1) is 0 Å². The molecule has 5 aliphatic rings. The van der Waals surface area contributed by atoms with Crippen molar-refractivity contribution in [1.29, 1.82) is 0 Å². The smallest absolute Gasteiger partial charge is 0.343 e. The predicted octanol–water partition coefficient (Wildman–Crippen LogP) is 2.02. The third-order valence-corrected chi connectivity index (χ3v) is 10.7. The molecule has 0 radical (unpaired) electrons. The first kappa shape index (κ1) is 28.8. The van der Waals surface area contributed by atoms with Crippen molar-refractivity contribution in [3.63, 3.8) is 0 Å². The summed E-state index contributed by atoms with van der Waals surface area (Å²) in [6.07, 6.45) is -4.35. The van der Waals surface area contributed by atoms with Crippen LogP contribution >= 0.6 is 0 Å². The van der Waals surface area contributed by atoms with E-state index < -0.39 is 81.8 Å². The maximum absolute atomic E-state index is 14.1. The summed E-state index contributed by atoms with van der Waals surface area (Å²) in [4.78, 5) is 52.8. The molecule has 2 N–H and O–H groups in total. The van der Waals surface area contributed by atoms with Crippen LogP contribution in [0.5, 0.6) is 0 Å². The molecule has 226 valence electrons. The van der Waals surface area contributed by atoms with Crippen LogP contribution in [0.4, 0.5) is 0 Å². The van der Waals surface area contributed by atoms with Gasteiger partial charge in [-0.1, -0.05) is 25.1 Å². The summed E-state index contributed by atoms with van der Waals surface area (Å²) in [5, 5.41) is 24.6. The molecule has 3 aliphatic carbocycles. The fraction of sp³-hybridized carbons (Fsp3) is 0.613. The number of aliphatic hydroxyl groups is 2. The molecule has 4 fully saturated rings. The number of carbonyl (C=O) groups excluding carboxylic acids is 4. The Bertz CT molecular complexity index is 1420. The highest BCUT2D eigenvalue weighted by Gasteiger charge is 2.88. The second-order valence-electron chi connectivity index (χ2n) is 13.0. The van der Waals surface area contributed by atoms with E-state index in [1.165, 1.54) is 20.8 Å². The van der Waals surface area contributed by atoms with Crippen LogP contribution in [0.1, 0.15) is 64.7 Å². The predicted molar refractivity (Wildman–Crippen MR) is 143 cm³/mol. The molecule has 0 amide bonds. The van der Waals surface area contributed by atoms with Crippen LogP contribution in [0.15, 0.2) is 41.5 Å². The quantitative estimate of drug-likeness (QED) is 0.303. The summed E-state index contributed by atoms with van der Waals surface area (Å²) in [6.45, 7) is 8.92. The first-order valence-corrected chi connectivity index (χ1v) is 14.2. The van der Waals surface area contributed by atoms with Crippen molar-refractivity contribution in [2.45, 2.75) is 95.6 Å². The molecule has 0 unspecified atom stereocenters. The molecule has 2 aliphatic heterocycles. The van der Waals surface area contributed by atoms with Gasteiger partial charge in [-0.2, -0.15) is 0 Å². The zero-order valence-corrected chi connectivity index (χ0v) is 24.5. The van der Waals surface area contributed by atoms with E-state index in [1.807, 2.05) is 0 Å². The summed E-state index contributed by atoms with van der Waals surface area (Å²) in [6, 6.07) is 8.32. The Morgan fingerprint density at radius 2 is 1.69 bits per heavy atom. The summed E-state index contributed by atoms with van der Waals surface area (Å²) in [5.74, 6) is -4.02. The number of fused-ring (bicyclic) bond motifs is 4. The molecule has 1 aromatic rings. The average molecular weight is 585 g/mol. The van der Waals surface area contributed by atoms with Gasteiger partial charge in [0.1, 0.15) is 23.9 Å². The van der Waals surface area contributed by atoms with Gasteiger partial charge in [-0.05, 0) is 44.1 Å². The highest BCUT2D eigenvalue weighted by molar-refractivity contribution is 5.91. The lowest BCUT2D eigenvalue weighted by Gasteiger charge is -2.73. The van der Waals surface area contributed by atoms with Crippen molar-refractivity contribution in [2.24, 2.45) is 16.7 Å². The third-order valence-electron chi connectivity index (χ3n) is 10.7. The number of rotatable bonds is 4. The number of aliphatic hydroxyl groups excluding tert-OH is 1. The minimum absolute atomic E-state index is 0.00736. The first-order chi connectivity index (χ1) is 19.6. The van der Waals surface area contributed by atoms with Crippen molar-refractivity contribution in [2.75, 3.05) is 6.61 Å². The molecule has 2 bridgehead atoms. The van der Waals surface area contributed by atoms with Crippen molar-refractivity contribution in [1.82, 2.24) is 0 Å². The zero-order valence-electron chi connectivity index (χ0n) is 24.5. The van der Waals surface area contributed by atoms with Gasteiger partial charge in [0.25, 0.3) is 0 Å². The number of benzene rings is 1. The summed E-state index contributed by atoms with van der Waals surface area (Å²) < 4.78 is 30.0. The van der Waals surface area contributed by atoms with E-state index in [4.69, 9.17) is 23.7 Å². The van der Waals surface area contributed by atoms with Crippen LogP contribution in [-0.2, 0) is 38.1 Å². The molecule has 11 nitrogen and oxygen atoms in total. The largest absolute Gasteiger partial charge is 0.458 e. The van der Waals surface area contributed by atoms with Gasteiger partial charge in [-0.25, -0.2) is 9.59 Å². The lowest BCUT2D eigenvalue weighted by molar-refractivity contribution is -0.380. The van der Waals surface area contributed by atoms with Gasteiger partial charge in [0.15, 0.2) is 11.2 Å². The molecular formula is C31H36O11. The lowest BCUT2D eigenvalue weighted by atomic mass is 9.37. The monoisotopic (exact) mass is 584 g/mol. The molecule has 2 saturated carbocycles. The Hall–Kier alpha value is -3.28. The highest BCUT2D eigenvalue weighted by Crippen LogP contribution is 2.75. The molecule has 42 heavy (non-hydrogen) atoms. The van der Waals surface area contributed by atoms with Crippen LogP contribution < -0.4 is 0 Å². The molecule has 2 saturated heterocycles. The normalized spacial score (nSPS) is 42.7. The SMILES string of the molecule is CC(=O)O[C@H]1C[C@@]23C(=C1C)[C@](O)(C(=O)OC2(C)C)[C@@]1(C)[C@H]([C@@H]3OC(=O)c2ccccc2)[C@]2(OC(C)=O)CO[C@@H]2C[C@@H]1O. The van der Waals surface area contributed by atoms with Gasteiger partial charge in [0.2, 0.25) is 0 Å². The van der Waals surface area contributed by atoms with Gasteiger partial charge < -0.3 is 33.9 Å². The molecule has 0 aromatic heterocycles. The standard InChI is InChI=1S/C31H36O11/c1-15-19(39-16(2)32)13-29-22(15)31(37,26(36)42-27(29,4)5)28(6)20(34)12-21-30(14-38-21,41-17(3)33)23(28)24(29)40-25(35)18-10-8-7-9-11-18/h7-11,19-21,23-24,34,37H,12-14H2,1-6H3/t19-,20-,21+,23-,24-,28+,29-,30-,31-/m0/s1.